The fourth-order valence-electron chi connectivity index (χ4n) is 2.53. The van der Waals surface area contributed by atoms with Gasteiger partial charge in [0.1, 0.15) is 5.82 Å². The van der Waals surface area contributed by atoms with E-state index in [1.165, 1.54) is 38.2 Å². The molecule has 1 aromatic carbocycles. The maximum absolute atomic E-state index is 13.2. The highest BCUT2D eigenvalue weighted by Gasteiger charge is 2.15. The van der Waals surface area contributed by atoms with Crippen LogP contribution in [0.1, 0.15) is 50.6 Å². The first-order valence-corrected chi connectivity index (χ1v) is 7.38. The molecule has 2 N–H and O–H groups in total. The number of benzene rings is 1. The zero-order valence-electron chi connectivity index (χ0n) is 11.3. The summed E-state index contributed by atoms with van der Waals surface area (Å²) in [4.78, 5) is 0. The average molecular weight is 280 g/mol. The van der Waals surface area contributed by atoms with Crippen molar-refractivity contribution in [2.24, 2.45) is 0 Å². The first-order valence-electron chi connectivity index (χ1n) is 6.97. The predicted octanol–water partition coefficient (Wildman–Crippen LogP) is 3.68. The van der Waals surface area contributed by atoms with Crippen molar-refractivity contribution >= 4 is 17.3 Å². The third-order valence-corrected chi connectivity index (χ3v) is 3.87. The second kappa shape index (κ2) is 6.85. The summed E-state index contributed by atoms with van der Waals surface area (Å²) in [5.41, 5.74) is 0.910. The SMILES string of the molecule is CC(NC(=S)NC1CCCCC1)c1cccc(F)c1. The molecule has 1 aromatic rings. The highest BCUT2D eigenvalue weighted by atomic mass is 32.1. The van der Waals surface area contributed by atoms with E-state index in [1.54, 1.807) is 12.1 Å². The Hall–Kier alpha value is -1.16. The lowest BCUT2D eigenvalue weighted by Gasteiger charge is -2.26. The van der Waals surface area contributed by atoms with Crippen LogP contribution in [0, 0.1) is 5.82 Å². The molecule has 0 saturated heterocycles. The van der Waals surface area contributed by atoms with Crippen molar-refractivity contribution in [1.29, 1.82) is 0 Å². The second-order valence-corrected chi connectivity index (χ2v) is 5.64. The van der Waals surface area contributed by atoms with Crippen molar-refractivity contribution < 1.29 is 4.39 Å². The highest BCUT2D eigenvalue weighted by Crippen LogP contribution is 2.18. The van der Waals surface area contributed by atoms with Crippen LogP contribution in [0.5, 0.6) is 0 Å². The van der Waals surface area contributed by atoms with E-state index in [4.69, 9.17) is 12.2 Å². The van der Waals surface area contributed by atoms with Gasteiger partial charge in [0, 0.05) is 6.04 Å². The molecule has 0 aliphatic heterocycles. The van der Waals surface area contributed by atoms with Gasteiger partial charge in [0.15, 0.2) is 5.11 Å². The molecular weight excluding hydrogens is 259 g/mol. The lowest BCUT2D eigenvalue weighted by Crippen LogP contribution is -2.43. The van der Waals surface area contributed by atoms with Gasteiger partial charge in [-0.05, 0) is 49.7 Å². The first kappa shape index (κ1) is 14.3. The molecule has 0 radical (unpaired) electrons. The van der Waals surface area contributed by atoms with Gasteiger partial charge in [0.05, 0.1) is 6.04 Å². The molecular formula is C15H21FN2S. The fraction of sp³-hybridized carbons (Fsp3) is 0.533. The lowest BCUT2D eigenvalue weighted by atomic mass is 9.96. The van der Waals surface area contributed by atoms with Crippen molar-refractivity contribution in [3.8, 4) is 0 Å². The van der Waals surface area contributed by atoms with Crippen LogP contribution >= 0.6 is 12.2 Å². The van der Waals surface area contributed by atoms with Crippen LogP contribution in [0.3, 0.4) is 0 Å². The van der Waals surface area contributed by atoms with Crippen LogP contribution in [-0.2, 0) is 0 Å². The average Bonchev–Trinajstić information content (AvgIpc) is 2.39. The Kier molecular flexibility index (Phi) is 5.14. The van der Waals surface area contributed by atoms with Crippen LogP contribution < -0.4 is 10.6 Å². The summed E-state index contributed by atoms with van der Waals surface area (Å²) in [7, 11) is 0. The molecule has 0 heterocycles. The van der Waals surface area contributed by atoms with Crippen LogP contribution in [0.15, 0.2) is 24.3 Å². The first-order chi connectivity index (χ1) is 9.15. The monoisotopic (exact) mass is 280 g/mol. The van der Waals surface area contributed by atoms with Gasteiger partial charge < -0.3 is 10.6 Å². The Morgan fingerprint density at radius 3 is 2.74 bits per heavy atom. The van der Waals surface area contributed by atoms with E-state index < -0.39 is 0 Å². The van der Waals surface area contributed by atoms with Gasteiger partial charge in [-0.15, -0.1) is 0 Å². The van der Waals surface area contributed by atoms with Gasteiger partial charge in [0.25, 0.3) is 0 Å². The molecule has 1 saturated carbocycles. The van der Waals surface area contributed by atoms with Gasteiger partial charge in [-0.3, -0.25) is 0 Å². The van der Waals surface area contributed by atoms with E-state index in [2.05, 4.69) is 10.6 Å². The normalized spacial score (nSPS) is 17.8. The molecule has 1 fully saturated rings. The second-order valence-electron chi connectivity index (χ2n) is 5.23. The Balaban J connectivity index is 1.84. The molecule has 104 valence electrons. The lowest BCUT2D eigenvalue weighted by molar-refractivity contribution is 0.411. The fourth-order valence-corrected chi connectivity index (χ4v) is 2.87. The summed E-state index contributed by atoms with van der Waals surface area (Å²) in [6.45, 7) is 1.99. The Morgan fingerprint density at radius 1 is 1.32 bits per heavy atom. The van der Waals surface area contributed by atoms with E-state index in [0.717, 1.165) is 5.56 Å². The van der Waals surface area contributed by atoms with Crippen molar-refractivity contribution in [1.82, 2.24) is 10.6 Å². The Bertz CT molecular complexity index is 430. The number of nitrogens with one attached hydrogen (secondary N) is 2. The van der Waals surface area contributed by atoms with Gasteiger partial charge in [-0.25, -0.2) is 4.39 Å². The molecule has 0 amide bonds. The molecule has 2 rings (SSSR count). The Morgan fingerprint density at radius 2 is 2.05 bits per heavy atom. The van der Waals surface area contributed by atoms with Crippen LogP contribution in [0.4, 0.5) is 4.39 Å². The molecule has 0 spiro atoms. The number of hydrogen-bond acceptors (Lipinski definition) is 1. The number of halogens is 1. The third-order valence-electron chi connectivity index (χ3n) is 3.64. The van der Waals surface area contributed by atoms with Gasteiger partial charge in [-0.1, -0.05) is 31.4 Å². The quantitative estimate of drug-likeness (QED) is 0.826. The molecule has 1 aliphatic rings. The van der Waals surface area contributed by atoms with Crippen molar-refractivity contribution in [2.75, 3.05) is 0 Å². The zero-order chi connectivity index (χ0) is 13.7. The molecule has 0 aromatic heterocycles. The summed E-state index contributed by atoms with van der Waals surface area (Å²) in [5, 5.41) is 7.26. The van der Waals surface area contributed by atoms with Crippen LogP contribution in [-0.4, -0.2) is 11.2 Å². The van der Waals surface area contributed by atoms with E-state index in [9.17, 15) is 4.39 Å². The summed E-state index contributed by atoms with van der Waals surface area (Å²) in [5.74, 6) is -0.211. The topological polar surface area (TPSA) is 24.1 Å². The Labute approximate surface area is 119 Å². The largest absolute Gasteiger partial charge is 0.360 e. The molecule has 1 atom stereocenters. The van der Waals surface area contributed by atoms with Crippen molar-refractivity contribution in [3.05, 3.63) is 35.6 Å². The van der Waals surface area contributed by atoms with E-state index in [-0.39, 0.29) is 11.9 Å². The van der Waals surface area contributed by atoms with E-state index in [0.29, 0.717) is 11.2 Å². The van der Waals surface area contributed by atoms with E-state index in [1.807, 2.05) is 13.0 Å². The summed E-state index contributed by atoms with van der Waals surface area (Å²) in [6, 6.07) is 7.13. The van der Waals surface area contributed by atoms with E-state index >= 15 is 0 Å². The minimum Gasteiger partial charge on any atom is -0.360 e. The van der Waals surface area contributed by atoms with Gasteiger partial charge in [-0.2, -0.15) is 0 Å². The smallest absolute Gasteiger partial charge is 0.166 e. The minimum absolute atomic E-state index is 0.0132. The van der Waals surface area contributed by atoms with Crippen molar-refractivity contribution in [2.45, 2.75) is 51.1 Å². The van der Waals surface area contributed by atoms with Crippen LogP contribution in [0.2, 0.25) is 0 Å². The molecule has 2 nitrogen and oxygen atoms in total. The maximum atomic E-state index is 13.2. The molecule has 0 bridgehead atoms. The number of rotatable bonds is 3. The van der Waals surface area contributed by atoms with Gasteiger partial charge in [0.2, 0.25) is 0 Å². The summed E-state index contributed by atoms with van der Waals surface area (Å²) < 4.78 is 13.2. The minimum atomic E-state index is -0.211. The molecule has 1 aliphatic carbocycles. The van der Waals surface area contributed by atoms with Crippen molar-refractivity contribution in [3.63, 3.8) is 0 Å². The molecule has 1 unspecified atom stereocenters. The number of thiocarbonyl (C=S) groups is 1. The molecule has 4 heteroatoms. The maximum Gasteiger partial charge on any atom is 0.166 e. The number of hydrogen-bond donors (Lipinski definition) is 2. The zero-order valence-corrected chi connectivity index (χ0v) is 12.1. The van der Waals surface area contributed by atoms with Gasteiger partial charge >= 0.3 is 0 Å². The standard InChI is InChI=1S/C15H21FN2S/c1-11(12-6-5-7-13(16)10-12)17-15(19)18-14-8-3-2-4-9-14/h5-7,10-11,14H,2-4,8-9H2,1H3,(H2,17,18,19). The van der Waals surface area contributed by atoms with Crippen LogP contribution in [0.25, 0.3) is 0 Å². The molecule has 19 heavy (non-hydrogen) atoms. The summed E-state index contributed by atoms with van der Waals surface area (Å²) >= 11 is 5.33. The third kappa shape index (κ3) is 4.46. The highest BCUT2D eigenvalue weighted by molar-refractivity contribution is 7.80. The summed E-state index contributed by atoms with van der Waals surface area (Å²) in [6.07, 6.45) is 6.27. The predicted molar refractivity (Wildman–Crippen MR) is 80.6 cm³/mol.